The summed E-state index contributed by atoms with van der Waals surface area (Å²) in [6.45, 7) is 0. The lowest BCUT2D eigenvalue weighted by Crippen LogP contribution is -2.48. The number of para-hydroxylation sites is 1. The first-order chi connectivity index (χ1) is 17.2. The molecule has 0 spiro atoms. The van der Waals surface area contributed by atoms with Crippen molar-refractivity contribution < 1.29 is 33.8 Å². The molecule has 0 unspecified atom stereocenters. The third-order valence-corrected chi connectivity index (χ3v) is 5.40. The SMILES string of the molecule is N#Cc1ccccc1NC(=O)[C@H](OC(=O)c1ccccc1Cl)[C@H](OC(=O)c1ccccc1Cl)C(=O)O. The third-order valence-electron chi connectivity index (χ3n) is 4.74. The number of hydrogen-bond donors (Lipinski definition) is 2. The molecule has 1 amide bonds. The number of nitrogens with zero attached hydrogens (tertiary/aromatic N) is 1. The molecule has 9 nitrogen and oxygen atoms in total. The summed E-state index contributed by atoms with van der Waals surface area (Å²) in [5.41, 5.74) is -0.250. The summed E-state index contributed by atoms with van der Waals surface area (Å²) < 4.78 is 10.3. The molecule has 0 aliphatic rings. The van der Waals surface area contributed by atoms with Crippen molar-refractivity contribution >= 4 is 52.7 Å². The number of carboxylic acids is 1. The van der Waals surface area contributed by atoms with Crippen molar-refractivity contribution in [2.45, 2.75) is 12.2 Å². The Kier molecular flexibility index (Phi) is 8.62. The smallest absolute Gasteiger partial charge is 0.349 e. The van der Waals surface area contributed by atoms with Gasteiger partial charge in [0.2, 0.25) is 12.2 Å². The van der Waals surface area contributed by atoms with E-state index in [0.717, 1.165) is 0 Å². The van der Waals surface area contributed by atoms with Gasteiger partial charge in [0.1, 0.15) is 6.07 Å². The molecule has 2 atom stereocenters. The average molecular weight is 527 g/mol. The predicted molar refractivity (Wildman–Crippen MR) is 129 cm³/mol. The van der Waals surface area contributed by atoms with Crippen molar-refractivity contribution in [3.8, 4) is 6.07 Å². The minimum absolute atomic E-state index is 0.0172. The third kappa shape index (κ3) is 6.18. The van der Waals surface area contributed by atoms with Gasteiger partial charge in [-0.1, -0.05) is 59.6 Å². The second kappa shape index (κ2) is 11.8. The van der Waals surface area contributed by atoms with Crippen LogP contribution in [-0.4, -0.2) is 41.1 Å². The Hall–Kier alpha value is -4.39. The van der Waals surface area contributed by atoms with E-state index in [1.54, 1.807) is 18.2 Å². The van der Waals surface area contributed by atoms with Crippen LogP contribution in [-0.2, 0) is 19.1 Å². The van der Waals surface area contributed by atoms with Gasteiger partial charge in [-0.3, -0.25) is 4.79 Å². The Bertz CT molecular complexity index is 1370. The first-order valence-corrected chi connectivity index (χ1v) is 10.9. The van der Waals surface area contributed by atoms with Gasteiger partial charge < -0.3 is 19.9 Å². The second-order valence-corrected chi connectivity index (χ2v) is 7.91. The standard InChI is InChI=1S/C25H16Cl2N2O7/c26-17-10-4-2-8-15(17)24(33)35-20(22(30)29-19-12-6-1-7-14(19)13-28)21(23(31)32)36-25(34)16-9-3-5-11-18(16)27/h1-12,20-21H,(H,29,30)(H,31,32)/t20-,21+/m1/s1. The van der Waals surface area contributed by atoms with E-state index in [1.165, 1.54) is 54.6 Å². The monoisotopic (exact) mass is 526 g/mol. The normalized spacial score (nSPS) is 11.9. The minimum atomic E-state index is -2.28. The lowest BCUT2D eigenvalue weighted by Gasteiger charge is -2.24. The largest absolute Gasteiger partial charge is 0.478 e. The van der Waals surface area contributed by atoms with E-state index in [9.17, 15) is 29.5 Å². The quantitative estimate of drug-likeness (QED) is 0.412. The van der Waals surface area contributed by atoms with E-state index in [0.29, 0.717) is 0 Å². The zero-order valence-electron chi connectivity index (χ0n) is 18.2. The van der Waals surface area contributed by atoms with Crippen molar-refractivity contribution in [1.82, 2.24) is 0 Å². The molecule has 36 heavy (non-hydrogen) atoms. The molecule has 3 aromatic carbocycles. The molecular formula is C25H16Cl2N2O7. The molecule has 0 radical (unpaired) electrons. The molecule has 182 valence electrons. The number of nitrogens with one attached hydrogen (secondary N) is 1. The zero-order chi connectivity index (χ0) is 26.2. The number of aliphatic carboxylic acids is 1. The van der Waals surface area contributed by atoms with Crippen molar-refractivity contribution in [1.29, 1.82) is 5.26 Å². The molecular weight excluding hydrogens is 511 g/mol. The summed E-state index contributed by atoms with van der Waals surface area (Å²) in [5, 5.41) is 21.4. The van der Waals surface area contributed by atoms with Crippen LogP contribution in [0.15, 0.2) is 72.8 Å². The van der Waals surface area contributed by atoms with E-state index in [4.69, 9.17) is 32.7 Å². The van der Waals surface area contributed by atoms with Gasteiger partial charge in [0.15, 0.2) is 0 Å². The van der Waals surface area contributed by atoms with Crippen LogP contribution >= 0.6 is 23.2 Å². The number of carbonyl (C=O) groups is 4. The van der Waals surface area contributed by atoms with Gasteiger partial charge in [0.25, 0.3) is 5.91 Å². The summed E-state index contributed by atoms with van der Waals surface area (Å²) >= 11 is 12.0. The number of hydrogen-bond acceptors (Lipinski definition) is 7. The van der Waals surface area contributed by atoms with E-state index in [2.05, 4.69) is 5.32 Å². The minimum Gasteiger partial charge on any atom is -0.478 e. The highest BCUT2D eigenvalue weighted by atomic mass is 35.5. The highest BCUT2D eigenvalue weighted by molar-refractivity contribution is 6.34. The molecule has 0 saturated carbocycles. The topological polar surface area (TPSA) is 143 Å². The van der Waals surface area contributed by atoms with Crippen LogP contribution in [0.4, 0.5) is 5.69 Å². The summed E-state index contributed by atoms with van der Waals surface area (Å²) in [6, 6.07) is 19.1. The Labute approximate surface area is 214 Å². The van der Waals surface area contributed by atoms with Gasteiger partial charge in [-0.25, -0.2) is 14.4 Å². The molecule has 0 bridgehead atoms. The Morgan fingerprint density at radius 2 is 1.25 bits per heavy atom. The maximum Gasteiger partial charge on any atom is 0.349 e. The highest BCUT2D eigenvalue weighted by Gasteiger charge is 2.41. The molecule has 3 aromatic rings. The molecule has 2 N–H and O–H groups in total. The number of rotatable bonds is 8. The van der Waals surface area contributed by atoms with E-state index >= 15 is 0 Å². The summed E-state index contributed by atoms with van der Waals surface area (Å²) in [7, 11) is 0. The zero-order valence-corrected chi connectivity index (χ0v) is 19.7. The van der Waals surface area contributed by atoms with Crippen LogP contribution in [0.1, 0.15) is 26.3 Å². The van der Waals surface area contributed by atoms with Crippen molar-refractivity contribution in [2.24, 2.45) is 0 Å². The number of carbonyl (C=O) groups excluding carboxylic acids is 3. The number of benzene rings is 3. The number of anilines is 1. The van der Waals surface area contributed by atoms with Crippen molar-refractivity contribution in [3.63, 3.8) is 0 Å². The van der Waals surface area contributed by atoms with Crippen molar-refractivity contribution in [3.05, 3.63) is 99.5 Å². The van der Waals surface area contributed by atoms with Crippen LogP contribution in [0.25, 0.3) is 0 Å². The Morgan fingerprint density at radius 3 is 1.75 bits per heavy atom. The first-order valence-electron chi connectivity index (χ1n) is 10.2. The van der Waals surface area contributed by atoms with Crippen LogP contribution in [0.3, 0.4) is 0 Å². The predicted octanol–water partition coefficient (Wildman–Crippen LogP) is 4.34. The van der Waals surface area contributed by atoms with Gasteiger partial charge >= 0.3 is 17.9 Å². The molecule has 3 rings (SSSR count). The van der Waals surface area contributed by atoms with Gasteiger partial charge in [0, 0.05) is 0 Å². The van der Waals surface area contributed by atoms with Gasteiger partial charge in [0.05, 0.1) is 32.4 Å². The number of ether oxygens (including phenoxy) is 2. The number of nitriles is 1. The summed E-state index contributed by atoms with van der Waals surface area (Å²) in [6.07, 6.45) is -4.46. The van der Waals surface area contributed by atoms with E-state index in [1.807, 2.05) is 6.07 Å². The maximum absolute atomic E-state index is 13.2. The summed E-state index contributed by atoms with van der Waals surface area (Å²) in [5.74, 6) is -5.26. The summed E-state index contributed by atoms with van der Waals surface area (Å²) in [4.78, 5) is 50.7. The van der Waals surface area contributed by atoms with Crippen molar-refractivity contribution in [2.75, 3.05) is 5.32 Å². The highest BCUT2D eigenvalue weighted by Crippen LogP contribution is 2.22. The van der Waals surface area contributed by atoms with Crippen LogP contribution in [0, 0.1) is 11.3 Å². The van der Waals surface area contributed by atoms with Crippen LogP contribution < -0.4 is 5.32 Å². The van der Waals surface area contributed by atoms with E-state index in [-0.39, 0.29) is 32.4 Å². The molecule has 0 heterocycles. The fourth-order valence-electron chi connectivity index (χ4n) is 3.00. The number of halogens is 2. The average Bonchev–Trinajstić information content (AvgIpc) is 2.86. The molecule has 0 aromatic heterocycles. The lowest BCUT2D eigenvalue weighted by atomic mass is 10.1. The molecule has 0 aliphatic heterocycles. The Morgan fingerprint density at radius 1 is 0.778 bits per heavy atom. The lowest BCUT2D eigenvalue weighted by molar-refractivity contribution is -0.157. The number of amides is 1. The van der Waals surface area contributed by atoms with E-state index < -0.39 is 36.0 Å². The first kappa shape index (κ1) is 26.2. The fourth-order valence-corrected chi connectivity index (χ4v) is 3.42. The molecule has 0 aliphatic carbocycles. The second-order valence-electron chi connectivity index (χ2n) is 7.10. The van der Waals surface area contributed by atoms with Gasteiger partial charge in [-0.2, -0.15) is 5.26 Å². The number of carboxylic acid groups (broad SMARTS) is 1. The molecule has 11 heteroatoms. The Balaban J connectivity index is 1.98. The number of esters is 2. The van der Waals surface area contributed by atoms with Gasteiger partial charge in [-0.05, 0) is 36.4 Å². The molecule has 0 saturated heterocycles. The fraction of sp³-hybridized carbons (Fsp3) is 0.0800. The van der Waals surface area contributed by atoms with Gasteiger partial charge in [-0.15, -0.1) is 0 Å². The maximum atomic E-state index is 13.2. The molecule has 0 fully saturated rings. The van der Waals surface area contributed by atoms with Crippen LogP contribution in [0.5, 0.6) is 0 Å². The van der Waals surface area contributed by atoms with Crippen LogP contribution in [0.2, 0.25) is 10.0 Å².